The summed E-state index contributed by atoms with van der Waals surface area (Å²) in [5.74, 6) is -0.511. The van der Waals surface area contributed by atoms with Gasteiger partial charge in [-0.15, -0.1) is 0 Å². The molecule has 0 unspecified atom stereocenters. The molecule has 2 aromatic carbocycles. The van der Waals surface area contributed by atoms with Crippen molar-refractivity contribution in [2.45, 2.75) is 6.92 Å². The number of aryl methyl sites for hydroxylation is 1. The highest BCUT2D eigenvalue weighted by molar-refractivity contribution is 7.80. The number of hydrogen-bond donors (Lipinski definition) is 3. The summed E-state index contributed by atoms with van der Waals surface area (Å²) < 4.78 is 5.28. The topological polar surface area (TPSA) is 79.5 Å². The van der Waals surface area contributed by atoms with Gasteiger partial charge in [0, 0.05) is 6.08 Å². The highest BCUT2D eigenvalue weighted by atomic mass is 35.5. The van der Waals surface area contributed by atoms with Gasteiger partial charge in [0.15, 0.2) is 11.7 Å². The standard InChI is InChI=1S/C19H18ClN3O3S/c1-13-6-8-14(9-7-13)10-11-17(24)21-19(27)23-22-18(25)12-26-16-5-3-2-4-15(16)20/h2-11H,12H2,1H3,(H,22,25)(H2,21,23,24,27). The van der Waals surface area contributed by atoms with Crippen molar-refractivity contribution in [1.29, 1.82) is 0 Å². The third-order valence-corrected chi connectivity index (χ3v) is 3.77. The van der Waals surface area contributed by atoms with Gasteiger partial charge in [-0.2, -0.15) is 0 Å². The highest BCUT2D eigenvalue weighted by Crippen LogP contribution is 2.22. The number of carbonyl (C=O) groups excluding carboxylic acids is 2. The first-order valence-electron chi connectivity index (χ1n) is 7.96. The van der Waals surface area contributed by atoms with E-state index in [1.165, 1.54) is 6.08 Å². The van der Waals surface area contributed by atoms with Crippen LogP contribution >= 0.6 is 23.8 Å². The van der Waals surface area contributed by atoms with Gasteiger partial charge in [0.05, 0.1) is 5.02 Å². The van der Waals surface area contributed by atoms with Gasteiger partial charge in [0.2, 0.25) is 5.91 Å². The van der Waals surface area contributed by atoms with Gasteiger partial charge >= 0.3 is 0 Å². The Balaban J connectivity index is 1.70. The van der Waals surface area contributed by atoms with E-state index in [4.69, 9.17) is 28.6 Å². The van der Waals surface area contributed by atoms with Gasteiger partial charge in [0.1, 0.15) is 5.75 Å². The minimum absolute atomic E-state index is 0.0420. The molecule has 140 valence electrons. The van der Waals surface area contributed by atoms with Crippen molar-refractivity contribution in [3.63, 3.8) is 0 Å². The number of hydrogen-bond acceptors (Lipinski definition) is 4. The molecule has 0 aliphatic rings. The van der Waals surface area contributed by atoms with Crippen molar-refractivity contribution >= 4 is 46.8 Å². The second-order valence-electron chi connectivity index (χ2n) is 5.45. The Morgan fingerprint density at radius 1 is 1.11 bits per heavy atom. The average molecular weight is 404 g/mol. The molecule has 8 heteroatoms. The van der Waals surface area contributed by atoms with E-state index in [0.29, 0.717) is 10.8 Å². The number of thiocarbonyl (C=S) groups is 1. The Bertz CT molecular complexity index is 854. The van der Waals surface area contributed by atoms with Crippen LogP contribution in [-0.4, -0.2) is 23.5 Å². The average Bonchev–Trinajstić information content (AvgIpc) is 2.65. The van der Waals surface area contributed by atoms with Gasteiger partial charge < -0.3 is 4.74 Å². The summed E-state index contributed by atoms with van der Waals surface area (Å²) in [6.07, 6.45) is 3.01. The maximum absolute atomic E-state index is 11.8. The maximum Gasteiger partial charge on any atom is 0.276 e. The Hall–Kier alpha value is -2.90. The van der Waals surface area contributed by atoms with E-state index in [2.05, 4.69) is 16.2 Å². The van der Waals surface area contributed by atoms with Crippen LogP contribution in [0.1, 0.15) is 11.1 Å². The highest BCUT2D eigenvalue weighted by Gasteiger charge is 2.06. The lowest BCUT2D eigenvalue weighted by Gasteiger charge is -2.11. The first-order chi connectivity index (χ1) is 12.9. The Kier molecular flexibility index (Phi) is 7.79. The minimum Gasteiger partial charge on any atom is -0.482 e. The summed E-state index contributed by atoms with van der Waals surface area (Å²) in [7, 11) is 0. The molecule has 0 radical (unpaired) electrons. The number of halogens is 1. The molecule has 0 saturated carbocycles. The van der Waals surface area contributed by atoms with Gasteiger partial charge in [-0.05, 0) is 42.9 Å². The molecule has 2 rings (SSSR count). The number of hydrazine groups is 1. The van der Waals surface area contributed by atoms with E-state index in [-0.39, 0.29) is 11.7 Å². The van der Waals surface area contributed by atoms with E-state index in [1.807, 2.05) is 31.2 Å². The molecule has 0 atom stereocenters. The molecule has 0 aliphatic heterocycles. The Labute approximate surface area is 167 Å². The molecule has 2 amide bonds. The predicted molar refractivity (Wildman–Crippen MR) is 109 cm³/mol. The molecule has 6 nitrogen and oxygen atoms in total. The fraction of sp³-hybridized carbons (Fsp3) is 0.105. The van der Waals surface area contributed by atoms with Crippen LogP contribution in [-0.2, 0) is 9.59 Å². The molecule has 2 aromatic rings. The quantitative estimate of drug-likeness (QED) is 0.406. The van der Waals surface area contributed by atoms with Crippen molar-refractivity contribution in [2.75, 3.05) is 6.61 Å². The lowest BCUT2D eigenvalue weighted by Crippen LogP contribution is -2.49. The van der Waals surface area contributed by atoms with Crippen LogP contribution in [0.5, 0.6) is 5.75 Å². The fourth-order valence-electron chi connectivity index (χ4n) is 1.90. The van der Waals surface area contributed by atoms with Crippen LogP contribution < -0.4 is 20.9 Å². The van der Waals surface area contributed by atoms with Crippen LogP contribution in [0.3, 0.4) is 0 Å². The van der Waals surface area contributed by atoms with Crippen LogP contribution in [0, 0.1) is 6.92 Å². The molecule has 0 spiro atoms. The second-order valence-corrected chi connectivity index (χ2v) is 6.27. The molecule has 0 saturated heterocycles. The van der Waals surface area contributed by atoms with E-state index in [1.54, 1.807) is 30.3 Å². The number of carbonyl (C=O) groups is 2. The van der Waals surface area contributed by atoms with Crippen LogP contribution in [0.25, 0.3) is 6.08 Å². The molecule has 27 heavy (non-hydrogen) atoms. The smallest absolute Gasteiger partial charge is 0.276 e. The second kappa shape index (κ2) is 10.3. The first kappa shape index (κ1) is 20.4. The van der Waals surface area contributed by atoms with Crippen molar-refractivity contribution in [2.24, 2.45) is 0 Å². The molecule has 0 aromatic heterocycles. The van der Waals surface area contributed by atoms with E-state index < -0.39 is 11.8 Å². The van der Waals surface area contributed by atoms with Gasteiger partial charge in [-0.3, -0.25) is 25.8 Å². The minimum atomic E-state index is -0.485. The van der Waals surface area contributed by atoms with Gasteiger partial charge in [-0.1, -0.05) is 53.6 Å². The van der Waals surface area contributed by atoms with Crippen LogP contribution in [0.2, 0.25) is 5.02 Å². The summed E-state index contributed by atoms with van der Waals surface area (Å²) >= 11 is 10.9. The Morgan fingerprint density at radius 3 is 2.52 bits per heavy atom. The third-order valence-electron chi connectivity index (χ3n) is 3.25. The van der Waals surface area contributed by atoms with E-state index >= 15 is 0 Å². The van der Waals surface area contributed by atoms with Gasteiger partial charge in [0.25, 0.3) is 5.91 Å². The lowest BCUT2D eigenvalue weighted by molar-refractivity contribution is -0.123. The number of benzene rings is 2. The molecule has 0 heterocycles. The zero-order chi connectivity index (χ0) is 19.6. The van der Waals surface area contributed by atoms with Gasteiger partial charge in [-0.25, -0.2) is 0 Å². The number of nitrogens with one attached hydrogen (secondary N) is 3. The zero-order valence-corrected chi connectivity index (χ0v) is 16.1. The molecular formula is C19H18ClN3O3S. The monoisotopic (exact) mass is 403 g/mol. The molecule has 3 N–H and O–H groups in total. The van der Waals surface area contributed by atoms with E-state index in [0.717, 1.165) is 11.1 Å². The normalized spacial score (nSPS) is 10.3. The summed E-state index contributed by atoms with van der Waals surface area (Å²) in [5.41, 5.74) is 6.77. The molecule has 0 aliphatic carbocycles. The third kappa shape index (κ3) is 7.47. The summed E-state index contributed by atoms with van der Waals surface area (Å²) in [6.45, 7) is 1.72. The van der Waals surface area contributed by atoms with Crippen LogP contribution in [0.15, 0.2) is 54.6 Å². The summed E-state index contributed by atoms with van der Waals surface area (Å²) in [6, 6.07) is 14.5. The van der Waals surface area contributed by atoms with Crippen molar-refractivity contribution in [3.8, 4) is 5.75 Å². The lowest BCUT2D eigenvalue weighted by atomic mass is 10.1. The molecule has 0 bridgehead atoms. The largest absolute Gasteiger partial charge is 0.482 e. The Morgan fingerprint density at radius 2 is 1.81 bits per heavy atom. The van der Waals surface area contributed by atoms with Crippen molar-refractivity contribution < 1.29 is 14.3 Å². The summed E-state index contributed by atoms with van der Waals surface area (Å²) in [5, 5.41) is 2.78. The number of ether oxygens (including phenoxy) is 1. The predicted octanol–water partition coefficient (Wildman–Crippen LogP) is 2.76. The van der Waals surface area contributed by atoms with E-state index in [9.17, 15) is 9.59 Å². The number of rotatable bonds is 5. The number of para-hydroxylation sites is 1. The van der Waals surface area contributed by atoms with Crippen LogP contribution in [0.4, 0.5) is 0 Å². The number of amides is 2. The van der Waals surface area contributed by atoms with Crippen molar-refractivity contribution in [1.82, 2.24) is 16.2 Å². The fourth-order valence-corrected chi connectivity index (χ4v) is 2.24. The SMILES string of the molecule is Cc1ccc(C=CC(=O)NC(=S)NNC(=O)COc2ccccc2Cl)cc1. The summed E-state index contributed by atoms with van der Waals surface area (Å²) in [4.78, 5) is 23.5. The molecule has 0 fully saturated rings. The molecular weight excluding hydrogens is 386 g/mol. The zero-order valence-electron chi connectivity index (χ0n) is 14.5. The maximum atomic E-state index is 11.8. The van der Waals surface area contributed by atoms with Crippen molar-refractivity contribution in [3.05, 3.63) is 70.8 Å². The first-order valence-corrected chi connectivity index (χ1v) is 8.74.